The van der Waals surface area contributed by atoms with Crippen LogP contribution in [0.15, 0.2) is 243 Å². The minimum absolute atomic E-state index is 0.0683. The van der Waals surface area contributed by atoms with Crippen molar-refractivity contribution >= 4 is 80.0 Å². The van der Waals surface area contributed by atoms with Gasteiger partial charge in [-0.2, -0.15) is 0 Å². The predicted octanol–water partition coefficient (Wildman–Crippen LogP) is 24.8. The first-order chi connectivity index (χ1) is 43.6. The monoisotopic (exact) mass is 1180 g/mol. The number of anilines is 6. The van der Waals surface area contributed by atoms with Gasteiger partial charge in [0.1, 0.15) is 0 Å². The Morgan fingerprint density at radius 1 is 0.242 bits per heavy atom. The summed E-state index contributed by atoms with van der Waals surface area (Å²) in [5.74, 6) is 0. The second-order valence-electron chi connectivity index (χ2n) is 29.5. The molecule has 0 unspecified atom stereocenters. The van der Waals surface area contributed by atoms with Crippen molar-refractivity contribution in [1.82, 2.24) is 0 Å². The van der Waals surface area contributed by atoms with E-state index < -0.39 is 0 Å². The summed E-state index contributed by atoms with van der Waals surface area (Å²) in [5.41, 5.74) is 30.1. The van der Waals surface area contributed by atoms with E-state index in [1.165, 1.54) is 122 Å². The van der Waals surface area contributed by atoms with Gasteiger partial charge in [-0.3, -0.25) is 0 Å². The molecule has 0 heterocycles. The van der Waals surface area contributed by atoms with Gasteiger partial charge in [0.25, 0.3) is 0 Å². The van der Waals surface area contributed by atoms with Crippen LogP contribution in [0.1, 0.15) is 150 Å². The molecule has 12 aromatic rings. The summed E-state index contributed by atoms with van der Waals surface area (Å²) < 4.78 is 0. The summed E-state index contributed by atoms with van der Waals surface area (Å²) in [7, 11) is 0. The highest BCUT2D eigenvalue weighted by molar-refractivity contribution is 5.94. The molecule has 12 aromatic carbocycles. The lowest BCUT2D eigenvalue weighted by Gasteiger charge is -2.29. The lowest BCUT2D eigenvalue weighted by Crippen LogP contribution is -2.17. The Kier molecular flexibility index (Phi) is 13.4. The highest BCUT2D eigenvalue weighted by atomic mass is 15.1. The van der Waals surface area contributed by atoms with E-state index in [-0.39, 0.29) is 27.1 Å². The lowest BCUT2D eigenvalue weighted by molar-refractivity contribution is 0.590. The lowest BCUT2D eigenvalue weighted by atomic mass is 9.81. The molecule has 91 heavy (non-hydrogen) atoms. The van der Waals surface area contributed by atoms with E-state index in [0.29, 0.717) is 0 Å². The normalized spacial score (nSPS) is 14.8. The molecule has 15 rings (SSSR count). The standard InChI is InChI=1S/C89H80N2/c1-85(2,3)65-31-37-67(38-32-65)90(69-35-29-61-17-13-15-19-63(61)53-69)71-41-47-77-75-45-27-59(51-81(75)88(9,10)83(77)55-71)23-21-57-25-43-73-74-44-26-58(50-80(74)87(7,8)79(73)49-57)22-24-60-28-46-76-78-48-42-72(56-84(78)89(11,12)82(76)52-60)91(68-39-33-66(34-40-68)86(4,5)6)70-36-30-62-18-14-16-20-64(62)54-70/h13-56H,1-12H3/b23-21+,24-22+. The van der Waals surface area contributed by atoms with Crippen LogP contribution < -0.4 is 9.80 Å². The molecule has 0 aliphatic heterocycles. The molecule has 2 nitrogen and oxygen atoms in total. The first-order valence-corrected chi connectivity index (χ1v) is 32.6. The van der Waals surface area contributed by atoms with E-state index in [1.54, 1.807) is 0 Å². The van der Waals surface area contributed by atoms with Gasteiger partial charge in [0.05, 0.1) is 0 Å². The van der Waals surface area contributed by atoms with Crippen LogP contribution >= 0.6 is 0 Å². The smallest absolute Gasteiger partial charge is 0.0468 e. The number of fused-ring (bicyclic) bond motifs is 11. The van der Waals surface area contributed by atoms with Crippen molar-refractivity contribution in [3.63, 3.8) is 0 Å². The Labute approximate surface area is 539 Å². The van der Waals surface area contributed by atoms with Crippen LogP contribution in [0.2, 0.25) is 0 Å². The van der Waals surface area contributed by atoms with Crippen molar-refractivity contribution in [2.24, 2.45) is 0 Å². The second-order valence-corrected chi connectivity index (χ2v) is 29.5. The molecule has 0 bridgehead atoms. The van der Waals surface area contributed by atoms with Gasteiger partial charge in [-0.25, -0.2) is 0 Å². The van der Waals surface area contributed by atoms with Crippen molar-refractivity contribution in [3.8, 4) is 33.4 Å². The van der Waals surface area contributed by atoms with E-state index in [0.717, 1.165) is 34.1 Å². The molecule has 0 fully saturated rings. The fraction of sp³-hybridized carbons (Fsp3) is 0.191. The highest BCUT2D eigenvalue weighted by Gasteiger charge is 2.39. The van der Waals surface area contributed by atoms with Crippen LogP contribution in [0.4, 0.5) is 34.1 Å². The number of benzene rings is 12. The zero-order valence-corrected chi connectivity index (χ0v) is 54.8. The van der Waals surface area contributed by atoms with Crippen LogP contribution in [0.25, 0.3) is 79.2 Å². The van der Waals surface area contributed by atoms with Gasteiger partial charge >= 0.3 is 0 Å². The Hall–Kier alpha value is -9.76. The predicted molar refractivity (Wildman–Crippen MR) is 392 cm³/mol. The van der Waals surface area contributed by atoms with Gasteiger partial charge < -0.3 is 9.80 Å². The first-order valence-electron chi connectivity index (χ1n) is 32.6. The van der Waals surface area contributed by atoms with Crippen molar-refractivity contribution in [2.75, 3.05) is 9.80 Å². The molecule has 0 radical (unpaired) electrons. The van der Waals surface area contributed by atoms with Crippen LogP contribution in [0.3, 0.4) is 0 Å². The Bertz CT molecular complexity index is 4660. The molecular formula is C89H80N2. The van der Waals surface area contributed by atoms with Gasteiger partial charge in [0.15, 0.2) is 0 Å². The third-order valence-electron chi connectivity index (χ3n) is 20.5. The average Bonchev–Trinajstić information content (AvgIpc) is 1.62. The maximum atomic E-state index is 2.44. The number of rotatable bonds is 10. The van der Waals surface area contributed by atoms with Crippen molar-refractivity contribution in [2.45, 2.75) is 110 Å². The van der Waals surface area contributed by atoms with Crippen LogP contribution in [-0.2, 0) is 27.1 Å². The SMILES string of the molecule is CC(C)(C)c1ccc(N(c2ccc3c(c2)C(C)(C)c2cc(/C=C/c4ccc5c(c4)C(C)(C)c4cc(/C=C/c6ccc7c(c6)C(C)(C)c6cc(N(c8ccc(C(C)(C)C)cc8)c8ccc9ccccc9c8)ccc6-7)ccc4-5)ccc2-3)c2ccc3ccccc3c2)cc1. The third-order valence-corrected chi connectivity index (χ3v) is 20.5. The van der Waals surface area contributed by atoms with Crippen molar-refractivity contribution in [3.05, 3.63) is 309 Å². The van der Waals surface area contributed by atoms with Crippen LogP contribution in [-0.4, -0.2) is 0 Å². The Morgan fingerprint density at radius 3 is 0.780 bits per heavy atom. The Morgan fingerprint density at radius 2 is 0.484 bits per heavy atom. The van der Waals surface area contributed by atoms with E-state index >= 15 is 0 Å². The summed E-state index contributed by atoms with van der Waals surface area (Å²) in [5, 5.41) is 4.95. The molecular weight excluding hydrogens is 1100 g/mol. The largest absolute Gasteiger partial charge is 0.310 e. The zero-order valence-electron chi connectivity index (χ0n) is 54.8. The highest BCUT2D eigenvalue weighted by Crippen LogP contribution is 2.54. The van der Waals surface area contributed by atoms with Gasteiger partial charge in [0.2, 0.25) is 0 Å². The Balaban J connectivity index is 0.665. The van der Waals surface area contributed by atoms with Crippen LogP contribution in [0, 0.1) is 0 Å². The van der Waals surface area contributed by atoms with Crippen molar-refractivity contribution < 1.29 is 0 Å². The quantitative estimate of drug-likeness (QED) is 0.126. The summed E-state index contributed by atoms with van der Waals surface area (Å²) >= 11 is 0. The maximum Gasteiger partial charge on any atom is 0.0468 e. The molecule has 0 saturated heterocycles. The molecule has 0 aromatic heterocycles. The van der Waals surface area contributed by atoms with Crippen molar-refractivity contribution in [1.29, 1.82) is 0 Å². The number of hydrogen-bond acceptors (Lipinski definition) is 2. The molecule has 0 atom stereocenters. The van der Waals surface area contributed by atoms with Gasteiger partial charge in [-0.05, 0) is 205 Å². The van der Waals surface area contributed by atoms with E-state index in [1.807, 2.05) is 0 Å². The van der Waals surface area contributed by atoms with Crippen LogP contribution in [0.5, 0.6) is 0 Å². The first kappa shape index (κ1) is 57.7. The average molecular weight is 1180 g/mol. The minimum atomic E-state index is -0.201. The summed E-state index contributed by atoms with van der Waals surface area (Å²) in [6.07, 6.45) is 9.21. The number of nitrogens with zero attached hydrogens (tertiary/aromatic N) is 2. The minimum Gasteiger partial charge on any atom is -0.310 e. The fourth-order valence-corrected chi connectivity index (χ4v) is 15.1. The zero-order chi connectivity index (χ0) is 62.9. The summed E-state index contributed by atoms with van der Waals surface area (Å²) in [4.78, 5) is 4.86. The van der Waals surface area contributed by atoms with Gasteiger partial charge in [0, 0.05) is 50.4 Å². The third kappa shape index (κ3) is 9.94. The van der Waals surface area contributed by atoms with E-state index in [2.05, 4.69) is 360 Å². The topological polar surface area (TPSA) is 6.48 Å². The fourth-order valence-electron chi connectivity index (χ4n) is 15.1. The molecule has 0 spiro atoms. The summed E-state index contributed by atoms with van der Waals surface area (Å²) in [6, 6.07) is 91.8. The molecule has 0 N–H and O–H groups in total. The number of hydrogen-bond donors (Lipinski definition) is 0. The molecule has 0 amide bonds. The van der Waals surface area contributed by atoms with Gasteiger partial charge in [-0.15, -0.1) is 0 Å². The maximum absolute atomic E-state index is 2.44. The van der Waals surface area contributed by atoms with E-state index in [9.17, 15) is 0 Å². The molecule has 0 saturated carbocycles. The molecule has 446 valence electrons. The van der Waals surface area contributed by atoms with E-state index in [4.69, 9.17) is 0 Å². The molecule has 3 aliphatic carbocycles. The van der Waals surface area contributed by atoms with Gasteiger partial charge in [-0.1, -0.05) is 277 Å². The molecule has 3 aliphatic rings. The summed E-state index contributed by atoms with van der Waals surface area (Å²) in [6.45, 7) is 28.0. The second kappa shape index (κ2) is 21.2. The molecule has 2 heteroatoms.